The Morgan fingerprint density at radius 2 is 1.05 bits per heavy atom. The minimum absolute atomic E-state index is 1.24. The van der Waals surface area contributed by atoms with Crippen LogP contribution in [0.15, 0.2) is 60.9 Å². The van der Waals surface area contributed by atoms with Crippen molar-refractivity contribution < 1.29 is 0 Å². The van der Waals surface area contributed by atoms with E-state index in [1.807, 2.05) is 0 Å². The van der Waals surface area contributed by atoms with E-state index in [9.17, 15) is 0 Å². The number of benzene rings is 2. The molecule has 4 rings (SSSR count). The maximum atomic E-state index is 2.19. The lowest BCUT2D eigenvalue weighted by atomic mass is 10.2. The first-order valence-corrected chi connectivity index (χ1v) is 7.55. The van der Waals surface area contributed by atoms with Crippen molar-refractivity contribution in [1.82, 2.24) is 9.13 Å². The fraction of sp³-hybridized carbons (Fsp3) is 0.100. The van der Waals surface area contributed by atoms with E-state index >= 15 is 0 Å². The van der Waals surface area contributed by atoms with Crippen molar-refractivity contribution in [2.24, 2.45) is 0 Å². The Labute approximate surface area is 129 Å². The summed E-state index contributed by atoms with van der Waals surface area (Å²) in [6.07, 6.45) is 8.61. The SMILES string of the molecule is Cc1cn(/C=C\n2cc(C)c3ccccc32)c2ccccc12. The normalized spacial score (nSPS) is 11.9. The number of nitrogens with zero attached hydrogens (tertiary/aromatic N) is 2. The molecular formula is C20H18N2. The van der Waals surface area contributed by atoms with Gasteiger partial charge in [0, 0.05) is 35.6 Å². The van der Waals surface area contributed by atoms with Crippen LogP contribution in [0.5, 0.6) is 0 Å². The number of hydrogen-bond donors (Lipinski definition) is 0. The molecule has 0 bridgehead atoms. The van der Waals surface area contributed by atoms with E-state index in [0.717, 1.165) is 0 Å². The molecule has 2 heteroatoms. The molecule has 0 aliphatic rings. The zero-order valence-electron chi connectivity index (χ0n) is 12.8. The minimum atomic E-state index is 1.24. The average Bonchev–Trinajstić information content (AvgIpc) is 3.04. The van der Waals surface area contributed by atoms with Gasteiger partial charge in [0.15, 0.2) is 0 Å². The maximum Gasteiger partial charge on any atom is 0.0525 e. The fourth-order valence-electron chi connectivity index (χ4n) is 3.15. The summed E-state index contributed by atoms with van der Waals surface area (Å²) in [4.78, 5) is 0. The van der Waals surface area contributed by atoms with Gasteiger partial charge in [0.25, 0.3) is 0 Å². The summed E-state index contributed by atoms with van der Waals surface area (Å²) in [7, 11) is 0. The monoisotopic (exact) mass is 286 g/mol. The molecule has 0 amide bonds. The number of aryl methyl sites for hydroxylation is 2. The molecule has 2 aromatic carbocycles. The first-order valence-electron chi connectivity index (χ1n) is 7.55. The van der Waals surface area contributed by atoms with Gasteiger partial charge >= 0.3 is 0 Å². The molecule has 108 valence electrons. The molecule has 0 radical (unpaired) electrons. The largest absolute Gasteiger partial charge is 0.322 e. The standard InChI is InChI=1S/C20H18N2/c1-15-13-21(19-9-5-3-7-17(15)19)11-12-22-14-16(2)18-8-4-6-10-20(18)22/h3-14H,1-2H3/b12-11-. The van der Waals surface area contributed by atoms with Crippen molar-refractivity contribution in [2.45, 2.75) is 13.8 Å². The van der Waals surface area contributed by atoms with Gasteiger partial charge in [0.05, 0.1) is 11.0 Å². The molecule has 2 heterocycles. The third-order valence-electron chi connectivity index (χ3n) is 4.27. The third-order valence-corrected chi connectivity index (χ3v) is 4.27. The van der Waals surface area contributed by atoms with Crippen LogP contribution in [0.25, 0.3) is 34.2 Å². The second kappa shape index (κ2) is 4.92. The lowest BCUT2D eigenvalue weighted by molar-refractivity contribution is 1.17. The van der Waals surface area contributed by atoms with Gasteiger partial charge in [0.2, 0.25) is 0 Å². The Hall–Kier alpha value is -2.74. The molecule has 0 aliphatic heterocycles. The minimum Gasteiger partial charge on any atom is -0.322 e. The fourth-order valence-corrected chi connectivity index (χ4v) is 3.15. The second-order valence-electron chi connectivity index (χ2n) is 5.77. The van der Waals surface area contributed by atoms with Crippen LogP contribution in [0.1, 0.15) is 11.1 Å². The Morgan fingerprint density at radius 1 is 0.636 bits per heavy atom. The van der Waals surface area contributed by atoms with Crippen molar-refractivity contribution in [3.05, 3.63) is 72.1 Å². The summed E-state index contributed by atoms with van der Waals surface area (Å²) in [6, 6.07) is 17.0. The molecule has 0 N–H and O–H groups in total. The lowest BCUT2D eigenvalue weighted by Crippen LogP contribution is -1.87. The van der Waals surface area contributed by atoms with E-state index in [-0.39, 0.29) is 0 Å². The number of hydrogen-bond acceptors (Lipinski definition) is 0. The van der Waals surface area contributed by atoms with Gasteiger partial charge in [-0.3, -0.25) is 0 Å². The smallest absolute Gasteiger partial charge is 0.0525 e. The molecule has 0 unspecified atom stereocenters. The number of aromatic nitrogens is 2. The Balaban J connectivity index is 1.83. The zero-order chi connectivity index (χ0) is 15.1. The van der Waals surface area contributed by atoms with Crippen LogP contribution >= 0.6 is 0 Å². The highest BCUT2D eigenvalue weighted by molar-refractivity contribution is 5.88. The van der Waals surface area contributed by atoms with E-state index in [0.29, 0.717) is 0 Å². The van der Waals surface area contributed by atoms with Crippen LogP contribution in [0.4, 0.5) is 0 Å². The summed E-state index contributed by atoms with van der Waals surface area (Å²) in [5.74, 6) is 0. The van der Waals surface area contributed by atoms with Gasteiger partial charge in [-0.05, 0) is 37.1 Å². The van der Waals surface area contributed by atoms with Crippen molar-refractivity contribution in [2.75, 3.05) is 0 Å². The number of rotatable bonds is 2. The molecule has 22 heavy (non-hydrogen) atoms. The van der Waals surface area contributed by atoms with E-state index in [1.54, 1.807) is 0 Å². The highest BCUT2D eigenvalue weighted by Gasteiger charge is 2.04. The average molecular weight is 286 g/mol. The molecule has 0 atom stereocenters. The first-order chi connectivity index (χ1) is 10.7. The van der Waals surface area contributed by atoms with Crippen LogP contribution in [-0.4, -0.2) is 9.13 Å². The molecule has 0 saturated carbocycles. The number of fused-ring (bicyclic) bond motifs is 2. The molecule has 0 aliphatic carbocycles. The van der Waals surface area contributed by atoms with Gasteiger partial charge in [-0.2, -0.15) is 0 Å². The maximum absolute atomic E-state index is 2.19. The first kappa shape index (κ1) is 13.0. The molecular weight excluding hydrogens is 268 g/mol. The predicted octanol–water partition coefficient (Wildman–Crippen LogP) is 5.30. The zero-order valence-corrected chi connectivity index (χ0v) is 12.8. The van der Waals surface area contributed by atoms with Crippen molar-refractivity contribution in [3.8, 4) is 0 Å². The third kappa shape index (κ3) is 1.96. The summed E-state index contributed by atoms with van der Waals surface area (Å²) >= 11 is 0. The topological polar surface area (TPSA) is 9.86 Å². The molecule has 0 saturated heterocycles. The molecule has 0 spiro atoms. The Bertz CT molecular complexity index is 917. The van der Waals surface area contributed by atoms with Crippen LogP contribution in [-0.2, 0) is 0 Å². The Morgan fingerprint density at radius 3 is 1.50 bits per heavy atom. The van der Waals surface area contributed by atoms with Gasteiger partial charge in [-0.1, -0.05) is 36.4 Å². The quantitative estimate of drug-likeness (QED) is 0.473. The molecule has 2 nitrogen and oxygen atoms in total. The molecule has 4 aromatic rings. The lowest BCUT2D eigenvalue weighted by Gasteiger charge is -2.00. The van der Waals surface area contributed by atoms with Crippen molar-refractivity contribution in [1.29, 1.82) is 0 Å². The second-order valence-corrected chi connectivity index (χ2v) is 5.77. The van der Waals surface area contributed by atoms with Gasteiger partial charge in [-0.15, -0.1) is 0 Å². The van der Waals surface area contributed by atoms with Gasteiger partial charge in [0.1, 0.15) is 0 Å². The van der Waals surface area contributed by atoms with Crippen LogP contribution < -0.4 is 0 Å². The summed E-state index contributed by atoms with van der Waals surface area (Å²) in [5, 5.41) is 2.61. The summed E-state index contributed by atoms with van der Waals surface area (Å²) in [5.41, 5.74) is 5.08. The highest BCUT2D eigenvalue weighted by atomic mass is 15.0. The van der Waals surface area contributed by atoms with Crippen LogP contribution in [0.2, 0.25) is 0 Å². The van der Waals surface area contributed by atoms with E-state index in [2.05, 4.69) is 96.3 Å². The summed E-state index contributed by atoms with van der Waals surface area (Å²) in [6.45, 7) is 4.31. The van der Waals surface area contributed by atoms with Gasteiger partial charge in [-0.25, -0.2) is 0 Å². The van der Waals surface area contributed by atoms with E-state index in [4.69, 9.17) is 0 Å². The number of para-hydroxylation sites is 2. The Kier molecular flexibility index (Phi) is 2.90. The molecule has 0 fully saturated rings. The predicted molar refractivity (Wildman–Crippen MR) is 94.9 cm³/mol. The highest BCUT2D eigenvalue weighted by Crippen LogP contribution is 2.23. The summed E-state index contributed by atoms with van der Waals surface area (Å²) < 4.78 is 4.38. The van der Waals surface area contributed by atoms with Crippen molar-refractivity contribution >= 4 is 34.2 Å². The van der Waals surface area contributed by atoms with Crippen LogP contribution in [0, 0.1) is 13.8 Å². The van der Waals surface area contributed by atoms with Crippen LogP contribution in [0.3, 0.4) is 0 Å². The van der Waals surface area contributed by atoms with Gasteiger partial charge < -0.3 is 9.13 Å². The van der Waals surface area contributed by atoms with E-state index in [1.165, 1.54) is 32.9 Å². The van der Waals surface area contributed by atoms with E-state index < -0.39 is 0 Å². The molecule has 2 aromatic heterocycles. The van der Waals surface area contributed by atoms with Crippen molar-refractivity contribution in [3.63, 3.8) is 0 Å².